The summed E-state index contributed by atoms with van der Waals surface area (Å²) in [5.74, 6) is 0.475. The second-order valence-electron chi connectivity index (χ2n) is 8.56. The molecule has 1 saturated heterocycles. The van der Waals surface area contributed by atoms with Crippen LogP contribution in [0.4, 0.5) is 5.13 Å². The van der Waals surface area contributed by atoms with Crippen molar-refractivity contribution in [1.82, 2.24) is 9.29 Å². The highest BCUT2D eigenvalue weighted by Crippen LogP contribution is 2.28. The lowest BCUT2D eigenvalue weighted by Crippen LogP contribution is -2.42. The van der Waals surface area contributed by atoms with Gasteiger partial charge in [-0.05, 0) is 55.0 Å². The highest BCUT2D eigenvalue weighted by molar-refractivity contribution is 7.89. The van der Waals surface area contributed by atoms with Gasteiger partial charge in [-0.25, -0.2) is 13.4 Å². The Hall–Kier alpha value is -2.29. The number of sulfonamides is 1. The first kappa shape index (κ1) is 21.9. The summed E-state index contributed by atoms with van der Waals surface area (Å²) < 4.78 is 28.9. The average Bonchev–Trinajstić information content (AvgIpc) is 3.13. The number of hydrogen-bond donors (Lipinski definition) is 1. The predicted molar refractivity (Wildman–Crippen MR) is 125 cm³/mol. The third-order valence-electron chi connectivity index (χ3n) is 5.57. The van der Waals surface area contributed by atoms with Crippen LogP contribution in [0.3, 0.4) is 0 Å². The zero-order chi connectivity index (χ0) is 22.2. The molecule has 3 aromatic rings. The van der Waals surface area contributed by atoms with Crippen molar-refractivity contribution < 1.29 is 13.2 Å². The van der Waals surface area contributed by atoms with E-state index < -0.39 is 10.0 Å². The van der Waals surface area contributed by atoms with Gasteiger partial charge >= 0.3 is 0 Å². The topological polar surface area (TPSA) is 79.4 Å². The van der Waals surface area contributed by atoms with Crippen LogP contribution in [0.15, 0.2) is 47.4 Å². The SMILES string of the molecule is Cc1ccc2nc(NCC(=O)c3cccc(S(=O)(=O)N4CC(C)CC(C)C4)c3)sc2c1. The Morgan fingerprint density at radius 2 is 1.90 bits per heavy atom. The zero-order valence-electron chi connectivity index (χ0n) is 18.0. The van der Waals surface area contributed by atoms with Crippen LogP contribution in [0.2, 0.25) is 0 Å². The van der Waals surface area contributed by atoms with Gasteiger partial charge < -0.3 is 5.32 Å². The number of hydrogen-bond acceptors (Lipinski definition) is 6. The molecular weight excluding hydrogens is 430 g/mol. The molecule has 31 heavy (non-hydrogen) atoms. The lowest BCUT2D eigenvalue weighted by Gasteiger charge is -2.34. The van der Waals surface area contributed by atoms with Crippen LogP contribution >= 0.6 is 11.3 Å². The summed E-state index contributed by atoms with van der Waals surface area (Å²) in [6, 6.07) is 12.4. The van der Waals surface area contributed by atoms with Crippen molar-refractivity contribution in [3.8, 4) is 0 Å². The van der Waals surface area contributed by atoms with Crippen LogP contribution in [-0.4, -0.2) is 43.1 Å². The number of anilines is 1. The summed E-state index contributed by atoms with van der Waals surface area (Å²) in [5.41, 5.74) is 2.43. The fraction of sp³-hybridized carbons (Fsp3) is 0.391. The van der Waals surface area contributed by atoms with Crippen molar-refractivity contribution in [3.05, 3.63) is 53.6 Å². The first-order valence-electron chi connectivity index (χ1n) is 10.5. The van der Waals surface area contributed by atoms with Gasteiger partial charge in [0.2, 0.25) is 10.0 Å². The lowest BCUT2D eigenvalue weighted by atomic mass is 9.94. The summed E-state index contributed by atoms with van der Waals surface area (Å²) >= 11 is 1.50. The summed E-state index contributed by atoms with van der Waals surface area (Å²) in [7, 11) is -3.62. The van der Waals surface area contributed by atoms with Gasteiger partial charge in [-0.3, -0.25) is 4.79 Å². The molecule has 8 heteroatoms. The van der Waals surface area contributed by atoms with E-state index in [0.717, 1.165) is 22.2 Å². The number of rotatable bonds is 6. The van der Waals surface area contributed by atoms with Crippen molar-refractivity contribution in [2.24, 2.45) is 11.8 Å². The fourth-order valence-electron chi connectivity index (χ4n) is 4.15. The van der Waals surface area contributed by atoms with Crippen LogP contribution < -0.4 is 5.32 Å². The molecule has 2 atom stereocenters. The van der Waals surface area contributed by atoms with E-state index in [1.165, 1.54) is 17.4 Å². The predicted octanol–water partition coefficient (Wildman–Crippen LogP) is 4.57. The maximum atomic E-state index is 13.2. The summed E-state index contributed by atoms with van der Waals surface area (Å²) in [5, 5.41) is 3.76. The first-order chi connectivity index (χ1) is 14.7. The molecule has 1 aromatic heterocycles. The van der Waals surface area contributed by atoms with Crippen LogP contribution in [0.25, 0.3) is 10.2 Å². The second kappa shape index (κ2) is 8.68. The number of fused-ring (bicyclic) bond motifs is 1. The molecule has 0 spiro atoms. The molecule has 0 amide bonds. The number of piperidine rings is 1. The Balaban J connectivity index is 1.48. The summed E-state index contributed by atoms with van der Waals surface area (Å²) in [4.78, 5) is 17.4. The summed E-state index contributed by atoms with van der Waals surface area (Å²) in [6.45, 7) is 7.27. The molecule has 2 heterocycles. The van der Waals surface area contributed by atoms with E-state index in [4.69, 9.17) is 0 Å². The maximum Gasteiger partial charge on any atom is 0.243 e. The smallest absolute Gasteiger partial charge is 0.243 e. The Morgan fingerprint density at radius 1 is 1.16 bits per heavy atom. The number of nitrogens with one attached hydrogen (secondary N) is 1. The van der Waals surface area contributed by atoms with Gasteiger partial charge in [0.25, 0.3) is 0 Å². The number of carbonyl (C=O) groups excluding carboxylic acids is 1. The normalized spacial score (nSPS) is 20.1. The van der Waals surface area contributed by atoms with Crippen LogP contribution in [0.1, 0.15) is 36.2 Å². The number of Topliss-reactive ketones (excluding diaryl/α,β-unsaturated/α-hetero) is 1. The quantitative estimate of drug-likeness (QED) is 0.549. The second-order valence-corrected chi connectivity index (χ2v) is 11.5. The van der Waals surface area contributed by atoms with E-state index >= 15 is 0 Å². The van der Waals surface area contributed by atoms with Crippen molar-refractivity contribution in [2.45, 2.75) is 32.1 Å². The van der Waals surface area contributed by atoms with Crippen molar-refractivity contribution in [1.29, 1.82) is 0 Å². The molecule has 1 fully saturated rings. The van der Waals surface area contributed by atoms with Crippen molar-refractivity contribution in [3.63, 3.8) is 0 Å². The zero-order valence-corrected chi connectivity index (χ0v) is 19.6. The van der Waals surface area contributed by atoms with Gasteiger partial charge in [-0.1, -0.05) is 43.4 Å². The molecule has 0 aliphatic carbocycles. The molecule has 0 saturated carbocycles. The van der Waals surface area contributed by atoms with E-state index in [9.17, 15) is 13.2 Å². The molecule has 1 N–H and O–H groups in total. The Kier molecular flexibility index (Phi) is 6.14. The average molecular weight is 458 g/mol. The molecule has 0 radical (unpaired) electrons. The minimum Gasteiger partial charge on any atom is -0.354 e. The number of thiazole rings is 1. The Labute approximate surface area is 187 Å². The number of benzene rings is 2. The highest BCUT2D eigenvalue weighted by atomic mass is 32.2. The lowest BCUT2D eigenvalue weighted by molar-refractivity contribution is 0.101. The third-order valence-corrected chi connectivity index (χ3v) is 8.38. The molecule has 1 aliphatic rings. The number of aryl methyl sites for hydroxylation is 1. The molecular formula is C23H27N3O3S2. The van der Waals surface area contributed by atoms with Gasteiger partial charge in [0.05, 0.1) is 21.7 Å². The van der Waals surface area contributed by atoms with Gasteiger partial charge in [-0.15, -0.1) is 0 Å². The fourth-order valence-corrected chi connectivity index (χ4v) is 6.83. The van der Waals surface area contributed by atoms with E-state index in [1.54, 1.807) is 22.5 Å². The molecule has 0 bridgehead atoms. The Bertz CT molecular complexity index is 1210. The van der Waals surface area contributed by atoms with Crippen LogP contribution in [0, 0.1) is 18.8 Å². The van der Waals surface area contributed by atoms with Gasteiger partial charge in [0.1, 0.15) is 0 Å². The number of nitrogens with zero attached hydrogens (tertiary/aromatic N) is 2. The van der Waals surface area contributed by atoms with E-state index in [-0.39, 0.29) is 17.2 Å². The van der Waals surface area contributed by atoms with Gasteiger partial charge in [-0.2, -0.15) is 4.31 Å². The molecule has 2 aromatic carbocycles. The monoisotopic (exact) mass is 457 g/mol. The maximum absolute atomic E-state index is 13.2. The van der Waals surface area contributed by atoms with E-state index in [2.05, 4.69) is 30.2 Å². The summed E-state index contributed by atoms with van der Waals surface area (Å²) in [6.07, 6.45) is 1.03. The number of carbonyl (C=O) groups is 1. The minimum atomic E-state index is -3.62. The van der Waals surface area contributed by atoms with Crippen molar-refractivity contribution >= 4 is 42.5 Å². The molecule has 2 unspecified atom stereocenters. The Morgan fingerprint density at radius 3 is 2.65 bits per heavy atom. The van der Waals surface area contributed by atoms with E-state index in [0.29, 0.717) is 35.6 Å². The minimum absolute atomic E-state index is 0.0556. The highest BCUT2D eigenvalue weighted by Gasteiger charge is 2.31. The number of aromatic nitrogens is 1. The molecule has 1 aliphatic heterocycles. The molecule has 164 valence electrons. The van der Waals surface area contributed by atoms with Gasteiger partial charge in [0, 0.05) is 18.7 Å². The van der Waals surface area contributed by atoms with Crippen LogP contribution in [-0.2, 0) is 10.0 Å². The van der Waals surface area contributed by atoms with Crippen molar-refractivity contribution in [2.75, 3.05) is 25.0 Å². The van der Waals surface area contributed by atoms with Crippen LogP contribution in [0.5, 0.6) is 0 Å². The standard InChI is InChI=1S/C23H27N3O3S2/c1-15-7-8-20-22(10-15)30-23(25-20)24-12-21(27)18-5-4-6-19(11-18)31(28,29)26-13-16(2)9-17(3)14-26/h4-8,10-11,16-17H,9,12-14H2,1-3H3,(H,24,25). The first-order valence-corrected chi connectivity index (χ1v) is 12.7. The number of ketones is 1. The third kappa shape index (κ3) is 4.81. The van der Waals surface area contributed by atoms with Gasteiger partial charge in [0.15, 0.2) is 10.9 Å². The largest absolute Gasteiger partial charge is 0.354 e. The molecule has 4 rings (SSSR count). The van der Waals surface area contributed by atoms with E-state index in [1.807, 2.05) is 19.1 Å². The molecule has 6 nitrogen and oxygen atoms in total.